The zero-order valence-electron chi connectivity index (χ0n) is 14.4. The Balaban J connectivity index is 1.42. The molecule has 1 fully saturated rings. The first-order chi connectivity index (χ1) is 11.7. The van der Waals surface area contributed by atoms with Gasteiger partial charge in [-0.25, -0.2) is 0 Å². The van der Waals surface area contributed by atoms with Crippen molar-refractivity contribution in [3.05, 3.63) is 35.7 Å². The molecule has 0 aliphatic carbocycles. The minimum atomic E-state index is 0.308. The number of aryl methyl sites for hydroxylation is 1. The summed E-state index contributed by atoms with van der Waals surface area (Å²) in [6.07, 6.45) is 5.14. The fraction of sp³-hybridized carbons (Fsp3) is 0.556. The predicted molar refractivity (Wildman–Crippen MR) is 95.4 cm³/mol. The van der Waals surface area contributed by atoms with Crippen molar-refractivity contribution in [2.24, 2.45) is 0 Å². The van der Waals surface area contributed by atoms with Crippen molar-refractivity contribution >= 4 is 11.8 Å². The van der Waals surface area contributed by atoms with Crippen molar-refractivity contribution in [1.82, 2.24) is 15.1 Å². The smallest absolute Gasteiger partial charge is 0.276 e. The maximum absolute atomic E-state index is 5.69. The van der Waals surface area contributed by atoms with E-state index in [1.54, 1.807) is 11.8 Å². The molecule has 2 aromatic rings. The van der Waals surface area contributed by atoms with Crippen molar-refractivity contribution < 1.29 is 9.15 Å². The third kappa shape index (κ3) is 4.98. The Hall–Kier alpha value is -1.53. The molecule has 0 radical (unpaired) electrons. The fourth-order valence-electron chi connectivity index (χ4n) is 3.00. The van der Waals surface area contributed by atoms with E-state index in [9.17, 15) is 0 Å². The Morgan fingerprint density at radius 3 is 3.08 bits per heavy atom. The average molecular weight is 347 g/mol. The number of hydrogen-bond donors (Lipinski definition) is 0. The molecule has 6 heteroatoms. The number of aromatic nitrogens is 2. The second-order valence-corrected chi connectivity index (χ2v) is 7.38. The highest BCUT2D eigenvalue weighted by Gasteiger charge is 2.18. The van der Waals surface area contributed by atoms with Crippen molar-refractivity contribution in [3.8, 4) is 5.75 Å². The third-order valence-corrected chi connectivity index (χ3v) is 5.25. The molecule has 1 aliphatic heterocycles. The van der Waals surface area contributed by atoms with E-state index in [0.717, 1.165) is 11.5 Å². The molecule has 1 aliphatic rings. The van der Waals surface area contributed by atoms with Gasteiger partial charge in [-0.05, 0) is 57.5 Å². The SMILES string of the molecule is Cc1cccc(OCc2nnc(SCCC3CCCCN3C)o2)c1. The molecular formula is C18H25N3O2S. The highest BCUT2D eigenvalue weighted by atomic mass is 32.2. The standard InChI is InChI=1S/C18H25N3O2S/c1-14-6-5-8-16(12-14)22-13-17-19-20-18(23-17)24-11-9-15-7-3-4-10-21(15)2/h5-6,8,12,15H,3-4,7,9-11,13H2,1-2H3. The van der Waals surface area contributed by atoms with Crippen LogP contribution in [0.1, 0.15) is 37.1 Å². The van der Waals surface area contributed by atoms with E-state index in [1.807, 2.05) is 31.2 Å². The molecule has 1 atom stereocenters. The summed E-state index contributed by atoms with van der Waals surface area (Å²) in [5.74, 6) is 2.35. The van der Waals surface area contributed by atoms with Crippen molar-refractivity contribution in [3.63, 3.8) is 0 Å². The Bertz CT molecular complexity index is 647. The zero-order chi connectivity index (χ0) is 16.8. The topological polar surface area (TPSA) is 51.4 Å². The van der Waals surface area contributed by atoms with Gasteiger partial charge in [0.2, 0.25) is 0 Å². The average Bonchev–Trinajstić information content (AvgIpc) is 3.03. The van der Waals surface area contributed by atoms with Gasteiger partial charge in [0, 0.05) is 11.8 Å². The molecule has 1 aromatic carbocycles. The summed E-state index contributed by atoms with van der Waals surface area (Å²) in [7, 11) is 2.22. The lowest BCUT2D eigenvalue weighted by atomic mass is 10.0. The van der Waals surface area contributed by atoms with Gasteiger partial charge < -0.3 is 14.1 Å². The maximum atomic E-state index is 5.69. The lowest BCUT2D eigenvalue weighted by molar-refractivity contribution is 0.182. The van der Waals surface area contributed by atoms with E-state index in [4.69, 9.17) is 9.15 Å². The molecule has 0 saturated carbocycles. The molecule has 1 aromatic heterocycles. The third-order valence-electron chi connectivity index (χ3n) is 4.40. The van der Waals surface area contributed by atoms with Crippen LogP contribution in [0, 0.1) is 6.92 Å². The second kappa shape index (κ2) is 8.53. The van der Waals surface area contributed by atoms with Gasteiger partial charge in [0.1, 0.15) is 5.75 Å². The number of benzene rings is 1. The molecule has 130 valence electrons. The van der Waals surface area contributed by atoms with E-state index in [0.29, 0.717) is 23.8 Å². The van der Waals surface area contributed by atoms with Gasteiger partial charge in [0.25, 0.3) is 11.1 Å². The number of piperidine rings is 1. The first-order valence-corrected chi connectivity index (χ1v) is 9.54. The van der Waals surface area contributed by atoms with Crippen LogP contribution < -0.4 is 4.74 Å². The van der Waals surface area contributed by atoms with Gasteiger partial charge in [-0.2, -0.15) is 0 Å². The van der Waals surface area contributed by atoms with Crippen LogP contribution in [0.25, 0.3) is 0 Å². The molecule has 0 N–H and O–H groups in total. The van der Waals surface area contributed by atoms with Crippen LogP contribution in [0.3, 0.4) is 0 Å². The highest BCUT2D eigenvalue weighted by Crippen LogP contribution is 2.23. The van der Waals surface area contributed by atoms with E-state index in [1.165, 1.54) is 37.8 Å². The lowest BCUT2D eigenvalue weighted by Gasteiger charge is -2.32. The normalized spacial score (nSPS) is 18.7. The van der Waals surface area contributed by atoms with Crippen LogP contribution in [0.4, 0.5) is 0 Å². The maximum Gasteiger partial charge on any atom is 0.276 e. The van der Waals surface area contributed by atoms with Gasteiger partial charge >= 0.3 is 0 Å². The van der Waals surface area contributed by atoms with E-state index in [-0.39, 0.29) is 0 Å². The largest absolute Gasteiger partial charge is 0.484 e. The summed E-state index contributed by atoms with van der Waals surface area (Å²) < 4.78 is 11.3. The molecule has 5 nitrogen and oxygen atoms in total. The number of hydrogen-bond acceptors (Lipinski definition) is 6. The van der Waals surface area contributed by atoms with Gasteiger partial charge in [0.05, 0.1) is 0 Å². The first kappa shape index (κ1) is 17.3. The Morgan fingerprint density at radius 1 is 1.33 bits per heavy atom. The van der Waals surface area contributed by atoms with Gasteiger partial charge in [-0.3, -0.25) is 0 Å². The summed E-state index contributed by atoms with van der Waals surface area (Å²) in [5, 5.41) is 8.80. The monoisotopic (exact) mass is 347 g/mol. The molecule has 0 amide bonds. The summed E-state index contributed by atoms with van der Waals surface area (Å²) in [4.78, 5) is 2.47. The molecule has 2 heterocycles. The molecule has 1 saturated heterocycles. The molecular weight excluding hydrogens is 322 g/mol. The molecule has 1 unspecified atom stereocenters. The van der Waals surface area contributed by atoms with Gasteiger partial charge in [-0.15, -0.1) is 10.2 Å². The van der Waals surface area contributed by atoms with E-state index >= 15 is 0 Å². The molecule has 0 spiro atoms. The molecule has 3 rings (SSSR count). The summed E-state index contributed by atoms with van der Waals surface area (Å²) in [5.41, 5.74) is 1.17. The Labute approximate surface area is 147 Å². The van der Waals surface area contributed by atoms with Gasteiger partial charge in [0.15, 0.2) is 6.61 Å². The quantitative estimate of drug-likeness (QED) is 0.708. The fourth-order valence-corrected chi connectivity index (χ4v) is 3.81. The van der Waals surface area contributed by atoms with Gasteiger partial charge in [-0.1, -0.05) is 30.3 Å². The zero-order valence-corrected chi connectivity index (χ0v) is 15.2. The number of nitrogens with zero attached hydrogens (tertiary/aromatic N) is 3. The number of ether oxygens (including phenoxy) is 1. The highest BCUT2D eigenvalue weighted by molar-refractivity contribution is 7.99. The second-order valence-electron chi connectivity index (χ2n) is 6.33. The summed E-state index contributed by atoms with van der Waals surface area (Å²) >= 11 is 1.64. The minimum Gasteiger partial charge on any atom is -0.484 e. The Morgan fingerprint density at radius 2 is 2.25 bits per heavy atom. The van der Waals surface area contributed by atoms with Crippen molar-refractivity contribution in [1.29, 1.82) is 0 Å². The number of thioether (sulfide) groups is 1. The number of likely N-dealkylation sites (tertiary alicyclic amines) is 1. The van der Waals surface area contributed by atoms with Crippen LogP contribution in [0.5, 0.6) is 5.75 Å². The minimum absolute atomic E-state index is 0.308. The van der Waals surface area contributed by atoms with Crippen molar-refractivity contribution in [2.75, 3.05) is 19.3 Å². The Kier molecular flexibility index (Phi) is 6.15. The van der Waals surface area contributed by atoms with Crippen LogP contribution in [-0.4, -0.2) is 40.5 Å². The van der Waals surface area contributed by atoms with Crippen LogP contribution >= 0.6 is 11.8 Å². The van der Waals surface area contributed by atoms with Crippen molar-refractivity contribution in [2.45, 2.75) is 50.5 Å². The summed E-state index contributed by atoms with van der Waals surface area (Å²) in [6.45, 7) is 3.57. The van der Waals surface area contributed by atoms with E-state index in [2.05, 4.69) is 22.1 Å². The van der Waals surface area contributed by atoms with Crippen LogP contribution in [0.15, 0.2) is 33.9 Å². The molecule has 0 bridgehead atoms. The predicted octanol–water partition coefficient (Wildman–Crippen LogP) is 3.92. The first-order valence-electron chi connectivity index (χ1n) is 8.55. The summed E-state index contributed by atoms with van der Waals surface area (Å²) in [6, 6.07) is 8.63. The van der Waals surface area contributed by atoms with Crippen LogP contribution in [-0.2, 0) is 6.61 Å². The molecule has 24 heavy (non-hydrogen) atoms. The number of rotatable bonds is 7. The lowest BCUT2D eigenvalue weighted by Crippen LogP contribution is -2.36. The van der Waals surface area contributed by atoms with Crippen LogP contribution in [0.2, 0.25) is 0 Å². The van der Waals surface area contributed by atoms with E-state index < -0.39 is 0 Å².